The van der Waals surface area contributed by atoms with Gasteiger partial charge in [-0.2, -0.15) is 0 Å². The zero-order chi connectivity index (χ0) is 13.6. The molecule has 1 unspecified atom stereocenters. The monoisotopic (exact) mass is 282 g/mol. The fraction of sp³-hybridized carbons (Fsp3) is 0.933. The third-order valence-electron chi connectivity index (χ3n) is 3.37. The van der Waals surface area contributed by atoms with E-state index in [-0.39, 0.29) is 31.0 Å². The number of aliphatic carboxylic acids is 1. The van der Waals surface area contributed by atoms with Gasteiger partial charge in [0.25, 0.3) is 0 Å². The van der Waals surface area contributed by atoms with Crippen molar-refractivity contribution in [2.45, 2.75) is 90.1 Å². The van der Waals surface area contributed by atoms with Crippen molar-refractivity contribution in [1.82, 2.24) is 0 Å². The number of rotatable bonds is 13. The van der Waals surface area contributed by atoms with Crippen LogP contribution in [0.3, 0.4) is 0 Å². The summed E-state index contributed by atoms with van der Waals surface area (Å²) >= 11 is 0. The zero-order valence-electron chi connectivity index (χ0n) is 13.9. The predicted molar refractivity (Wildman–Crippen MR) is 75.8 cm³/mol. The molecule has 1 atom stereocenters. The maximum absolute atomic E-state index is 10.4. The number of aliphatic hydroxyl groups excluding tert-OH is 1. The fourth-order valence-electron chi connectivity index (χ4n) is 2.13. The van der Waals surface area contributed by atoms with Crippen LogP contribution in [-0.4, -0.2) is 22.3 Å². The molecule has 0 aliphatic carbocycles. The molecule has 0 spiro atoms. The first-order valence-electron chi connectivity index (χ1n) is 7.59. The van der Waals surface area contributed by atoms with Gasteiger partial charge in [0.15, 0.2) is 6.10 Å². The molecule has 19 heavy (non-hydrogen) atoms. The van der Waals surface area contributed by atoms with E-state index in [1.807, 2.05) is 0 Å². The Hall–Kier alpha value is 0.430. The number of carboxylic acids is 1. The standard InChI is InChI=1S/C15H30O3.Na.H/c1-2-3-4-5-6-7-8-9-10-11-12-13-14(16)15(17)18;;/h14,16H,2-13H2,1H3,(H,17,18);;/q;+1;-1. The van der Waals surface area contributed by atoms with Crippen molar-refractivity contribution in [2.24, 2.45) is 0 Å². The van der Waals surface area contributed by atoms with E-state index in [2.05, 4.69) is 6.92 Å². The van der Waals surface area contributed by atoms with Gasteiger partial charge in [-0.3, -0.25) is 0 Å². The van der Waals surface area contributed by atoms with Crippen molar-refractivity contribution in [3.63, 3.8) is 0 Å². The van der Waals surface area contributed by atoms with E-state index in [0.29, 0.717) is 6.42 Å². The van der Waals surface area contributed by atoms with Crippen molar-refractivity contribution in [3.8, 4) is 0 Å². The summed E-state index contributed by atoms with van der Waals surface area (Å²) in [6.45, 7) is 2.24. The number of carboxylic acid groups (broad SMARTS) is 1. The van der Waals surface area contributed by atoms with Crippen LogP contribution in [0.4, 0.5) is 0 Å². The van der Waals surface area contributed by atoms with E-state index in [9.17, 15) is 4.79 Å². The number of carbonyl (C=O) groups is 1. The second-order valence-electron chi connectivity index (χ2n) is 5.18. The van der Waals surface area contributed by atoms with Crippen molar-refractivity contribution < 1.29 is 46.0 Å². The molecule has 4 heteroatoms. The Morgan fingerprint density at radius 1 is 0.895 bits per heavy atom. The molecule has 2 N–H and O–H groups in total. The second-order valence-corrected chi connectivity index (χ2v) is 5.18. The number of hydrogen-bond acceptors (Lipinski definition) is 2. The summed E-state index contributed by atoms with van der Waals surface area (Å²) in [6.07, 6.45) is 12.9. The summed E-state index contributed by atoms with van der Waals surface area (Å²) in [5.74, 6) is -1.10. The van der Waals surface area contributed by atoms with Gasteiger partial charge in [0.05, 0.1) is 0 Å². The molecule has 0 amide bonds. The van der Waals surface area contributed by atoms with Gasteiger partial charge >= 0.3 is 35.5 Å². The van der Waals surface area contributed by atoms with Crippen LogP contribution in [0.5, 0.6) is 0 Å². The SMILES string of the molecule is CCCCCCCCCCCCCC(O)C(=O)O.[H-].[Na+]. The van der Waals surface area contributed by atoms with Crippen molar-refractivity contribution in [3.05, 3.63) is 0 Å². The van der Waals surface area contributed by atoms with Gasteiger partial charge in [-0.25, -0.2) is 4.79 Å². The van der Waals surface area contributed by atoms with Crippen LogP contribution in [0.15, 0.2) is 0 Å². The van der Waals surface area contributed by atoms with E-state index in [0.717, 1.165) is 12.8 Å². The van der Waals surface area contributed by atoms with Crippen LogP contribution in [0, 0.1) is 0 Å². The summed E-state index contributed by atoms with van der Waals surface area (Å²) in [4.78, 5) is 10.4. The van der Waals surface area contributed by atoms with Crippen LogP contribution < -0.4 is 29.6 Å². The molecule has 3 nitrogen and oxygen atoms in total. The minimum atomic E-state index is -1.16. The Labute approximate surface area is 141 Å². The topological polar surface area (TPSA) is 57.5 Å². The first kappa shape index (κ1) is 21.7. The van der Waals surface area contributed by atoms with E-state index in [1.54, 1.807) is 0 Å². The molecular weight excluding hydrogens is 251 g/mol. The van der Waals surface area contributed by atoms with Gasteiger partial charge in [-0.15, -0.1) is 0 Å². The zero-order valence-corrected chi connectivity index (χ0v) is 14.9. The summed E-state index contributed by atoms with van der Waals surface area (Å²) in [5.41, 5.74) is 0. The maximum Gasteiger partial charge on any atom is 1.00 e. The molecule has 0 bridgehead atoms. The van der Waals surface area contributed by atoms with Gasteiger partial charge in [0, 0.05) is 0 Å². The second kappa shape index (κ2) is 16.5. The first-order valence-corrected chi connectivity index (χ1v) is 7.59. The molecule has 0 aromatic carbocycles. The molecule has 0 radical (unpaired) electrons. The van der Waals surface area contributed by atoms with Crippen molar-refractivity contribution >= 4 is 5.97 Å². The van der Waals surface area contributed by atoms with Gasteiger partial charge in [-0.05, 0) is 6.42 Å². The van der Waals surface area contributed by atoms with Gasteiger partial charge in [0.2, 0.25) is 0 Å². The van der Waals surface area contributed by atoms with Crippen LogP contribution in [0.25, 0.3) is 0 Å². The molecule has 110 valence electrons. The third-order valence-corrected chi connectivity index (χ3v) is 3.37. The molecule has 0 saturated heterocycles. The molecule has 0 saturated carbocycles. The van der Waals surface area contributed by atoms with Gasteiger partial charge in [0.1, 0.15) is 0 Å². The molecule has 0 fully saturated rings. The minimum Gasteiger partial charge on any atom is -1.00 e. The smallest absolute Gasteiger partial charge is 1.00 e. The average molecular weight is 282 g/mol. The van der Waals surface area contributed by atoms with E-state index in [4.69, 9.17) is 10.2 Å². The molecular formula is C15H31NaO3. The van der Waals surface area contributed by atoms with Crippen LogP contribution >= 0.6 is 0 Å². The largest absolute Gasteiger partial charge is 1.00 e. The van der Waals surface area contributed by atoms with Crippen molar-refractivity contribution in [2.75, 3.05) is 0 Å². The third kappa shape index (κ3) is 16.4. The molecule has 0 aromatic rings. The van der Waals surface area contributed by atoms with Crippen LogP contribution in [0.1, 0.15) is 85.4 Å². The Morgan fingerprint density at radius 2 is 1.26 bits per heavy atom. The Kier molecular flexibility index (Phi) is 18.8. The van der Waals surface area contributed by atoms with E-state index < -0.39 is 12.1 Å². The van der Waals surface area contributed by atoms with Gasteiger partial charge in [-0.1, -0.05) is 77.6 Å². The fourth-order valence-corrected chi connectivity index (χ4v) is 2.13. The molecule has 0 heterocycles. The van der Waals surface area contributed by atoms with Crippen LogP contribution in [-0.2, 0) is 4.79 Å². The average Bonchev–Trinajstić information content (AvgIpc) is 2.35. The normalized spacial score (nSPS) is 11.9. The molecule has 0 rings (SSSR count). The summed E-state index contributed by atoms with van der Waals surface area (Å²) in [7, 11) is 0. The minimum absolute atomic E-state index is 0. The van der Waals surface area contributed by atoms with E-state index in [1.165, 1.54) is 57.8 Å². The summed E-state index contributed by atoms with van der Waals surface area (Å²) < 4.78 is 0. The van der Waals surface area contributed by atoms with Crippen molar-refractivity contribution in [1.29, 1.82) is 0 Å². The molecule has 0 aromatic heterocycles. The maximum atomic E-state index is 10.4. The molecule has 0 aliphatic heterocycles. The molecule has 0 aliphatic rings. The Bertz CT molecular complexity index is 204. The summed E-state index contributed by atoms with van der Waals surface area (Å²) in [6, 6.07) is 0. The van der Waals surface area contributed by atoms with E-state index >= 15 is 0 Å². The van der Waals surface area contributed by atoms with Gasteiger partial charge < -0.3 is 11.6 Å². The number of hydrogen-bond donors (Lipinski definition) is 2. The Morgan fingerprint density at radius 3 is 1.63 bits per heavy atom. The van der Waals surface area contributed by atoms with Crippen LogP contribution in [0.2, 0.25) is 0 Å². The first-order chi connectivity index (χ1) is 8.68. The predicted octanol–water partition coefficient (Wildman–Crippen LogP) is 1.25. The Balaban J connectivity index is -0.00000144. The number of unbranched alkanes of at least 4 members (excludes halogenated alkanes) is 10. The number of aliphatic hydroxyl groups is 1. The summed E-state index contributed by atoms with van der Waals surface area (Å²) in [5, 5.41) is 17.6. The quantitative estimate of drug-likeness (QED) is 0.395.